The summed E-state index contributed by atoms with van der Waals surface area (Å²) in [5.74, 6) is 1.41. The first-order valence-corrected chi connectivity index (χ1v) is 5.75. The number of aryl methyl sites for hydroxylation is 1. The molecule has 0 spiro atoms. The summed E-state index contributed by atoms with van der Waals surface area (Å²) >= 11 is 0. The van der Waals surface area contributed by atoms with Gasteiger partial charge in [-0.3, -0.25) is 0 Å². The van der Waals surface area contributed by atoms with Crippen molar-refractivity contribution in [1.82, 2.24) is 0 Å². The van der Waals surface area contributed by atoms with Gasteiger partial charge >= 0.3 is 0 Å². The summed E-state index contributed by atoms with van der Waals surface area (Å²) in [6, 6.07) is 11.8. The topological polar surface area (TPSA) is 44.5 Å². The Morgan fingerprint density at radius 2 is 1.72 bits per heavy atom. The van der Waals surface area contributed by atoms with Gasteiger partial charge in [0.25, 0.3) is 0 Å². The maximum Gasteiger partial charge on any atom is 0.168 e. The fourth-order valence-electron chi connectivity index (χ4n) is 2.03. The molecule has 0 saturated heterocycles. The summed E-state index contributed by atoms with van der Waals surface area (Å²) in [6.07, 6.45) is 0. The van der Waals surface area contributed by atoms with E-state index < -0.39 is 0 Å². The van der Waals surface area contributed by atoms with Gasteiger partial charge in [-0.25, -0.2) is 0 Å². The molecule has 0 amide bonds. The zero-order valence-corrected chi connectivity index (χ0v) is 10.9. The molecule has 0 heterocycles. The first-order chi connectivity index (χ1) is 8.67. The first-order valence-electron chi connectivity index (χ1n) is 5.75. The number of nitrogens with two attached hydrogens (primary N) is 1. The molecule has 18 heavy (non-hydrogen) atoms. The summed E-state index contributed by atoms with van der Waals surface area (Å²) in [4.78, 5) is 0. The number of hydrogen-bond donors (Lipinski definition) is 1. The highest BCUT2D eigenvalue weighted by atomic mass is 16.5. The molecule has 0 bridgehead atoms. The minimum atomic E-state index is 0.704. The number of benzene rings is 2. The lowest BCUT2D eigenvalue weighted by atomic mass is 10.0. The molecule has 2 N–H and O–H groups in total. The van der Waals surface area contributed by atoms with Gasteiger partial charge in [-0.15, -0.1) is 0 Å². The maximum atomic E-state index is 6.07. The van der Waals surface area contributed by atoms with Gasteiger partial charge in [0.05, 0.1) is 14.2 Å². The molecule has 94 valence electrons. The van der Waals surface area contributed by atoms with Crippen LogP contribution in [0, 0.1) is 6.92 Å². The second kappa shape index (κ2) is 5.00. The van der Waals surface area contributed by atoms with Crippen LogP contribution in [0.5, 0.6) is 11.5 Å². The minimum absolute atomic E-state index is 0.704. The standard InChI is InChI=1S/C15H17NO2/c1-10-7-8-11(13(16)9-10)12-5-4-6-14(17-2)15(12)18-3/h4-9H,16H2,1-3H3. The van der Waals surface area contributed by atoms with Crippen LogP contribution in [0.3, 0.4) is 0 Å². The van der Waals surface area contributed by atoms with Crippen molar-refractivity contribution in [2.24, 2.45) is 0 Å². The Labute approximate surface area is 107 Å². The van der Waals surface area contributed by atoms with Gasteiger partial charge in [-0.05, 0) is 24.6 Å². The molecule has 2 rings (SSSR count). The lowest BCUT2D eigenvalue weighted by Gasteiger charge is -2.14. The number of rotatable bonds is 3. The van der Waals surface area contributed by atoms with Crippen LogP contribution in [0.4, 0.5) is 5.69 Å². The summed E-state index contributed by atoms with van der Waals surface area (Å²) < 4.78 is 10.7. The minimum Gasteiger partial charge on any atom is -0.493 e. The second-order valence-corrected chi connectivity index (χ2v) is 4.13. The van der Waals surface area contributed by atoms with E-state index in [-0.39, 0.29) is 0 Å². The van der Waals surface area contributed by atoms with Crippen LogP contribution in [-0.4, -0.2) is 14.2 Å². The normalized spacial score (nSPS) is 10.2. The molecule has 0 aliphatic rings. The molecule has 2 aromatic rings. The highest BCUT2D eigenvalue weighted by molar-refractivity contribution is 5.82. The van der Waals surface area contributed by atoms with E-state index >= 15 is 0 Å². The average molecular weight is 243 g/mol. The molecule has 0 radical (unpaired) electrons. The lowest BCUT2D eigenvalue weighted by Crippen LogP contribution is -1.96. The van der Waals surface area contributed by atoms with E-state index in [1.54, 1.807) is 14.2 Å². The van der Waals surface area contributed by atoms with E-state index in [9.17, 15) is 0 Å². The van der Waals surface area contributed by atoms with E-state index in [2.05, 4.69) is 0 Å². The molecule has 0 saturated carbocycles. The molecule has 0 aliphatic carbocycles. The fourth-order valence-corrected chi connectivity index (χ4v) is 2.03. The van der Waals surface area contributed by atoms with E-state index in [0.29, 0.717) is 11.5 Å². The van der Waals surface area contributed by atoms with Crippen molar-refractivity contribution < 1.29 is 9.47 Å². The van der Waals surface area contributed by atoms with Crippen LogP contribution in [0.1, 0.15) is 5.56 Å². The number of ether oxygens (including phenoxy) is 2. The molecule has 0 atom stereocenters. The number of methoxy groups -OCH3 is 2. The van der Waals surface area contributed by atoms with Gasteiger partial charge in [0.2, 0.25) is 0 Å². The maximum absolute atomic E-state index is 6.07. The van der Waals surface area contributed by atoms with Crippen LogP contribution in [0.25, 0.3) is 11.1 Å². The summed E-state index contributed by atoms with van der Waals surface area (Å²) in [5, 5.41) is 0. The Bertz CT molecular complexity index is 564. The molecule has 0 unspecified atom stereocenters. The summed E-state index contributed by atoms with van der Waals surface area (Å²) in [6.45, 7) is 2.02. The van der Waals surface area contributed by atoms with Gasteiger partial charge < -0.3 is 15.2 Å². The third kappa shape index (κ3) is 2.12. The van der Waals surface area contributed by atoms with Crippen molar-refractivity contribution in [3.05, 3.63) is 42.0 Å². The Morgan fingerprint density at radius 1 is 0.944 bits per heavy atom. The number of para-hydroxylation sites is 1. The molecule has 2 aromatic carbocycles. The molecule has 3 nitrogen and oxygen atoms in total. The smallest absolute Gasteiger partial charge is 0.168 e. The zero-order chi connectivity index (χ0) is 13.1. The predicted molar refractivity (Wildman–Crippen MR) is 74.1 cm³/mol. The average Bonchev–Trinajstić information content (AvgIpc) is 2.37. The Kier molecular flexibility index (Phi) is 3.42. The number of nitrogen functional groups attached to an aromatic ring is 1. The van der Waals surface area contributed by atoms with Crippen molar-refractivity contribution in [3.8, 4) is 22.6 Å². The van der Waals surface area contributed by atoms with Crippen molar-refractivity contribution in [1.29, 1.82) is 0 Å². The van der Waals surface area contributed by atoms with Gasteiger partial charge in [0.1, 0.15) is 0 Å². The third-order valence-electron chi connectivity index (χ3n) is 2.90. The van der Waals surface area contributed by atoms with Crippen molar-refractivity contribution >= 4 is 5.69 Å². The Morgan fingerprint density at radius 3 is 2.33 bits per heavy atom. The molecule has 0 fully saturated rings. The Hall–Kier alpha value is -2.16. The van der Waals surface area contributed by atoms with Crippen molar-refractivity contribution in [3.63, 3.8) is 0 Å². The predicted octanol–water partition coefficient (Wildman–Crippen LogP) is 3.26. The second-order valence-electron chi connectivity index (χ2n) is 4.13. The highest BCUT2D eigenvalue weighted by Crippen LogP contribution is 2.40. The lowest BCUT2D eigenvalue weighted by molar-refractivity contribution is 0.356. The van der Waals surface area contributed by atoms with Gasteiger partial charge in [-0.1, -0.05) is 24.3 Å². The van der Waals surface area contributed by atoms with Gasteiger partial charge in [-0.2, -0.15) is 0 Å². The molecule has 0 aromatic heterocycles. The summed E-state index contributed by atoms with van der Waals surface area (Å²) in [5.41, 5.74) is 9.84. The Balaban J connectivity index is 2.63. The van der Waals surface area contributed by atoms with Crippen LogP contribution in [0.15, 0.2) is 36.4 Å². The van der Waals surface area contributed by atoms with E-state index in [1.807, 2.05) is 43.3 Å². The molecular weight excluding hydrogens is 226 g/mol. The molecular formula is C15H17NO2. The molecule has 3 heteroatoms. The third-order valence-corrected chi connectivity index (χ3v) is 2.90. The van der Waals surface area contributed by atoms with Gasteiger partial charge in [0.15, 0.2) is 11.5 Å². The van der Waals surface area contributed by atoms with Crippen molar-refractivity contribution in [2.45, 2.75) is 6.92 Å². The van der Waals surface area contributed by atoms with Crippen molar-refractivity contribution in [2.75, 3.05) is 20.0 Å². The monoisotopic (exact) mass is 243 g/mol. The van der Waals surface area contributed by atoms with Gasteiger partial charge in [0, 0.05) is 16.8 Å². The number of hydrogen-bond acceptors (Lipinski definition) is 3. The summed E-state index contributed by atoms with van der Waals surface area (Å²) in [7, 11) is 3.26. The highest BCUT2D eigenvalue weighted by Gasteiger charge is 2.13. The largest absolute Gasteiger partial charge is 0.493 e. The van der Waals surface area contributed by atoms with E-state index in [4.69, 9.17) is 15.2 Å². The number of anilines is 1. The van der Waals surface area contributed by atoms with E-state index in [1.165, 1.54) is 0 Å². The zero-order valence-electron chi connectivity index (χ0n) is 10.9. The molecule has 0 aliphatic heterocycles. The van der Waals surface area contributed by atoms with Crippen LogP contribution < -0.4 is 15.2 Å². The van der Waals surface area contributed by atoms with Crippen LogP contribution in [-0.2, 0) is 0 Å². The quantitative estimate of drug-likeness (QED) is 0.841. The van der Waals surface area contributed by atoms with Crippen LogP contribution in [0.2, 0.25) is 0 Å². The fraction of sp³-hybridized carbons (Fsp3) is 0.200. The SMILES string of the molecule is COc1cccc(-c2ccc(C)cc2N)c1OC. The van der Waals surface area contributed by atoms with Crippen LogP contribution >= 0.6 is 0 Å². The van der Waals surface area contributed by atoms with E-state index in [0.717, 1.165) is 22.4 Å². The first kappa shape index (κ1) is 12.3.